The summed E-state index contributed by atoms with van der Waals surface area (Å²) in [6, 6.07) is 0. The summed E-state index contributed by atoms with van der Waals surface area (Å²) in [5.74, 6) is 0.907. The summed E-state index contributed by atoms with van der Waals surface area (Å²) < 4.78 is 7.43. The van der Waals surface area contributed by atoms with Gasteiger partial charge >= 0.3 is 0 Å². The number of imidazole rings is 1. The van der Waals surface area contributed by atoms with E-state index in [2.05, 4.69) is 28.4 Å². The maximum Gasteiger partial charge on any atom is 0.202 e. The fourth-order valence-electron chi connectivity index (χ4n) is 1.24. The number of ether oxygens (including phenoxy) is 1. The van der Waals surface area contributed by atoms with Gasteiger partial charge in [-0.25, -0.2) is 4.98 Å². The predicted molar refractivity (Wildman–Crippen MR) is 62.0 cm³/mol. The van der Waals surface area contributed by atoms with Crippen LogP contribution in [0, 0.1) is 0 Å². The molecule has 1 aromatic rings. The first-order valence-electron chi connectivity index (χ1n) is 5.32. The second-order valence-corrected chi connectivity index (χ2v) is 3.15. The van der Waals surface area contributed by atoms with Gasteiger partial charge in [-0.05, 0) is 13.3 Å². The lowest BCUT2D eigenvalue weighted by atomic mass is 10.4. The van der Waals surface area contributed by atoms with Gasteiger partial charge in [-0.3, -0.25) is 0 Å². The SMILES string of the molecule is C=CCCOCCNc1nccn1CC. The summed E-state index contributed by atoms with van der Waals surface area (Å²) >= 11 is 0. The summed E-state index contributed by atoms with van der Waals surface area (Å²) in [7, 11) is 0. The van der Waals surface area contributed by atoms with Gasteiger partial charge in [-0.2, -0.15) is 0 Å². The Morgan fingerprint density at radius 3 is 3.20 bits per heavy atom. The molecule has 0 aliphatic carbocycles. The molecule has 1 N–H and O–H groups in total. The van der Waals surface area contributed by atoms with E-state index in [-0.39, 0.29) is 0 Å². The molecule has 0 aromatic carbocycles. The van der Waals surface area contributed by atoms with Gasteiger partial charge in [0, 0.05) is 25.5 Å². The average Bonchev–Trinajstić information content (AvgIpc) is 2.70. The molecular weight excluding hydrogens is 190 g/mol. The van der Waals surface area contributed by atoms with Crippen LogP contribution in [0.2, 0.25) is 0 Å². The van der Waals surface area contributed by atoms with Crippen molar-refractivity contribution in [3.8, 4) is 0 Å². The van der Waals surface area contributed by atoms with Gasteiger partial charge in [-0.15, -0.1) is 6.58 Å². The third kappa shape index (κ3) is 4.16. The van der Waals surface area contributed by atoms with Crippen LogP contribution in [0.15, 0.2) is 25.0 Å². The first-order chi connectivity index (χ1) is 7.38. The minimum atomic E-state index is 0.699. The molecule has 4 nitrogen and oxygen atoms in total. The summed E-state index contributed by atoms with van der Waals surface area (Å²) in [6.45, 7) is 8.88. The van der Waals surface area contributed by atoms with Crippen molar-refractivity contribution in [1.82, 2.24) is 9.55 Å². The fraction of sp³-hybridized carbons (Fsp3) is 0.545. The topological polar surface area (TPSA) is 39.1 Å². The molecule has 0 unspecified atom stereocenters. The van der Waals surface area contributed by atoms with Crippen LogP contribution in [0.3, 0.4) is 0 Å². The van der Waals surface area contributed by atoms with Gasteiger partial charge in [-0.1, -0.05) is 6.08 Å². The van der Waals surface area contributed by atoms with Crippen LogP contribution < -0.4 is 5.32 Å². The van der Waals surface area contributed by atoms with Crippen molar-refractivity contribution >= 4 is 5.95 Å². The Kier molecular flexibility index (Phi) is 5.55. The Balaban J connectivity index is 2.12. The van der Waals surface area contributed by atoms with Gasteiger partial charge in [0.15, 0.2) is 0 Å². The normalized spacial score (nSPS) is 10.2. The second-order valence-electron chi connectivity index (χ2n) is 3.15. The zero-order chi connectivity index (χ0) is 10.9. The lowest BCUT2D eigenvalue weighted by molar-refractivity contribution is 0.148. The molecule has 0 saturated heterocycles. The summed E-state index contributed by atoms with van der Waals surface area (Å²) in [4.78, 5) is 4.20. The number of aromatic nitrogens is 2. The van der Waals surface area contributed by atoms with Crippen LogP contribution in [0.5, 0.6) is 0 Å². The molecule has 0 aliphatic heterocycles. The van der Waals surface area contributed by atoms with Crippen molar-refractivity contribution in [3.05, 3.63) is 25.0 Å². The summed E-state index contributed by atoms with van der Waals surface area (Å²) in [5, 5.41) is 3.22. The lowest BCUT2D eigenvalue weighted by Gasteiger charge is -2.07. The Morgan fingerprint density at radius 1 is 1.60 bits per heavy atom. The molecule has 0 radical (unpaired) electrons. The third-order valence-electron chi connectivity index (χ3n) is 2.05. The monoisotopic (exact) mass is 209 g/mol. The van der Waals surface area contributed by atoms with Crippen LogP contribution in [-0.4, -0.2) is 29.3 Å². The quantitative estimate of drug-likeness (QED) is 0.525. The molecular formula is C11H19N3O. The molecule has 0 amide bonds. The second kappa shape index (κ2) is 7.06. The number of hydrogen-bond acceptors (Lipinski definition) is 3. The maximum absolute atomic E-state index is 5.38. The van der Waals surface area contributed by atoms with Crippen LogP contribution in [0.1, 0.15) is 13.3 Å². The highest BCUT2D eigenvalue weighted by atomic mass is 16.5. The minimum absolute atomic E-state index is 0.699. The van der Waals surface area contributed by atoms with Gasteiger partial charge in [0.1, 0.15) is 0 Å². The molecule has 0 fully saturated rings. The van der Waals surface area contributed by atoms with E-state index in [0.29, 0.717) is 6.61 Å². The molecule has 84 valence electrons. The summed E-state index contributed by atoms with van der Waals surface area (Å²) in [5.41, 5.74) is 0. The van der Waals surface area contributed by atoms with Gasteiger partial charge < -0.3 is 14.6 Å². The van der Waals surface area contributed by atoms with E-state index in [4.69, 9.17) is 4.74 Å². The number of nitrogens with zero attached hydrogens (tertiary/aromatic N) is 2. The Hall–Kier alpha value is -1.29. The molecule has 1 rings (SSSR count). The summed E-state index contributed by atoms with van der Waals surface area (Å²) in [6.07, 6.45) is 6.52. The smallest absolute Gasteiger partial charge is 0.202 e. The Morgan fingerprint density at radius 2 is 2.47 bits per heavy atom. The van der Waals surface area contributed by atoms with E-state index in [0.717, 1.165) is 32.1 Å². The first kappa shape index (κ1) is 11.8. The molecule has 4 heteroatoms. The molecule has 0 saturated carbocycles. The fourth-order valence-corrected chi connectivity index (χ4v) is 1.24. The Bertz CT molecular complexity index is 283. The number of rotatable bonds is 8. The maximum atomic E-state index is 5.38. The molecule has 0 aliphatic rings. The standard InChI is InChI=1S/C11H19N3O/c1-3-5-9-15-10-7-13-11-12-6-8-14(11)4-2/h3,6,8H,1,4-5,7,9-10H2,2H3,(H,12,13). The van der Waals surface area contributed by atoms with E-state index in [1.165, 1.54) is 0 Å². The highest BCUT2D eigenvalue weighted by molar-refractivity contribution is 5.25. The predicted octanol–water partition coefficient (Wildman–Crippen LogP) is 1.91. The third-order valence-corrected chi connectivity index (χ3v) is 2.05. The Labute approximate surface area is 91.0 Å². The van der Waals surface area contributed by atoms with Crippen molar-refractivity contribution in [2.24, 2.45) is 0 Å². The highest BCUT2D eigenvalue weighted by Gasteiger charge is 1.98. The van der Waals surface area contributed by atoms with Crippen LogP contribution in [0.25, 0.3) is 0 Å². The molecule has 1 aromatic heterocycles. The zero-order valence-corrected chi connectivity index (χ0v) is 9.28. The van der Waals surface area contributed by atoms with Crippen molar-refractivity contribution in [1.29, 1.82) is 0 Å². The van der Waals surface area contributed by atoms with E-state index < -0.39 is 0 Å². The van der Waals surface area contributed by atoms with Crippen molar-refractivity contribution < 1.29 is 4.74 Å². The molecule has 0 spiro atoms. The van der Waals surface area contributed by atoms with Crippen LogP contribution in [-0.2, 0) is 11.3 Å². The number of anilines is 1. The highest BCUT2D eigenvalue weighted by Crippen LogP contribution is 2.02. The minimum Gasteiger partial charge on any atom is -0.379 e. The zero-order valence-electron chi connectivity index (χ0n) is 9.28. The van der Waals surface area contributed by atoms with Gasteiger partial charge in [0.05, 0.1) is 13.2 Å². The van der Waals surface area contributed by atoms with E-state index in [1.807, 2.05) is 12.3 Å². The first-order valence-corrected chi connectivity index (χ1v) is 5.32. The van der Waals surface area contributed by atoms with Crippen molar-refractivity contribution in [2.45, 2.75) is 19.9 Å². The van der Waals surface area contributed by atoms with Crippen LogP contribution in [0.4, 0.5) is 5.95 Å². The van der Waals surface area contributed by atoms with Crippen molar-refractivity contribution in [2.75, 3.05) is 25.1 Å². The number of aryl methyl sites for hydroxylation is 1. The molecule has 0 bridgehead atoms. The van der Waals surface area contributed by atoms with Gasteiger partial charge in [0.25, 0.3) is 0 Å². The van der Waals surface area contributed by atoms with E-state index in [9.17, 15) is 0 Å². The van der Waals surface area contributed by atoms with E-state index in [1.54, 1.807) is 6.20 Å². The molecule has 0 atom stereocenters. The largest absolute Gasteiger partial charge is 0.379 e. The average molecular weight is 209 g/mol. The van der Waals surface area contributed by atoms with E-state index >= 15 is 0 Å². The number of nitrogens with one attached hydrogen (secondary N) is 1. The molecule has 15 heavy (non-hydrogen) atoms. The lowest BCUT2D eigenvalue weighted by Crippen LogP contribution is -2.13. The molecule has 1 heterocycles. The van der Waals surface area contributed by atoms with Crippen LogP contribution >= 0.6 is 0 Å². The number of hydrogen-bond donors (Lipinski definition) is 1. The van der Waals surface area contributed by atoms with Crippen molar-refractivity contribution in [3.63, 3.8) is 0 Å². The van der Waals surface area contributed by atoms with Gasteiger partial charge in [0.2, 0.25) is 5.95 Å².